The van der Waals surface area contributed by atoms with Crippen LogP contribution in [0.5, 0.6) is 0 Å². The van der Waals surface area contributed by atoms with E-state index < -0.39 is 29.8 Å². The smallest absolute Gasteiger partial charge is 0.273 e. The van der Waals surface area contributed by atoms with Crippen LogP contribution >= 0.6 is 11.3 Å². The molecule has 3 heterocycles. The number of amidine groups is 1. The molecule has 1 aromatic carbocycles. The molecule has 5 N–H and O–H groups in total. The van der Waals surface area contributed by atoms with Crippen LogP contribution in [0.15, 0.2) is 23.2 Å². The van der Waals surface area contributed by atoms with E-state index in [0.29, 0.717) is 38.7 Å². The van der Waals surface area contributed by atoms with Crippen molar-refractivity contribution in [1.82, 2.24) is 20.5 Å². The average molecular weight is 510 g/mol. The highest BCUT2D eigenvalue weighted by Gasteiger charge is 2.29. The average Bonchev–Trinajstić information content (AvgIpc) is 3.03. The van der Waals surface area contributed by atoms with Gasteiger partial charge in [-0.2, -0.15) is 0 Å². The number of aliphatic imine (C=N–C) groups is 1. The van der Waals surface area contributed by atoms with Gasteiger partial charge >= 0.3 is 0 Å². The molecule has 2 aliphatic rings. The molecule has 1 aromatic heterocycles. The van der Waals surface area contributed by atoms with E-state index in [1.165, 1.54) is 6.07 Å². The number of ether oxygens (including phenoxy) is 1. The molecule has 2 aromatic rings. The monoisotopic (exact) mass is 509 g/mol. The lowest BCUT2D eigenvalue weighted by molar-refractivity contribution is -0.0266. The third kappa shape index (κ3) is 5.80. The number of carbonyl (C=O) groups is 1. The predicted molar refractivity (Wildman–Crippen MR) is 128 cm³/mol. The summed E-state index contributed by atoms with van der Waals surface area (Å²) in [7, 11) is 0. The zero-order valence-electron chi connectivity index (χ0n) is 18.8. The predicted octanol–water partition coefficient (Wildman–Crippen LogP) is 1.71. The molecule has 35 heavy (non-hydrogen) atoms. The van der Waals surface area contributed by atoms with Gasteiger partial charge in [0, 0.05) is 38.3 Å². The second kappa shape index (κ2) is 11.1. The Hall–Kier alpha value is -3.03. The SMILES string of the molecule is N=CC(NC(=O)c1nc(-c2c(F)cccc2F)sc1N)C(=NCC1COC1)N1CCNCC(F)C1. The summed E-state index contributed by atoms with van der Waals surface area (Å²) in [6.07, 6.45) is -0.149. The number of nitrogen functional groups attached to an aromatic ring is 1. The van der Waals surface area contributed by atoms with Crippen molar-refractivity contribution >= 4 is 34.3 Å². The van der Waals surface area contributed by atoms with Crippen LogP contribution in [0.4, 0.5) is 18.2 Å². The number of nitrogens with two attached hydrogens (primary N) is 1. The summed E-state index contributed by atoms with van der Waals surface area (Å²) in [6, 6.07) is 2.42. The minimum absolute atomic E-state index is 0.0308. The molecule has 188 valence electrons. The van der Waals surface area contributed by atoms with Gasteiger partial charge in [0.05, 0.1) is 25.3 Å². The lowest BCUT2D eigenvalue weighted by Crippen LogP contribution is -2.51. The van der Waals surface area contributed by atoms with Crippen LogP contribution in [-0.4, -0.2) is 86.0 Å². The third-order valence-electron chi connectivity index (χ3n) is 5.66. The van der Waals surface area contributed by atoms with Crippen LogP contribution in [0, 0.1) is 23.0 Å². The highest BCUT2D eigenvalue weighted by Crippen LogP contribution is 2.33. The molecule has 0 bridgehead atoms. The maximum atomic E-state index is 14.3. The van der Waals surface area contributed by atoms with E-state index in [2.05, 4.69) is 20.6 Å². The van der Waals surface area contributed by atoms with Crippen LogP contribution in [0.3, 0.4) is 0 Å². The topological polar surface area (TPSA) is 129 Å². The van der Waals surface area contributed by atoms with Gasteiger partial charge in [-0.25, -0.2) is 18.2 Å². The summed E-state index contributed by atoms with van der Waals surface area (Å²) in [6.45, 7) is 2.76. The normalized spacial score (nSPS) is 20.1. The lowest BCUT2D eigenvalue weighted by Gasteiger charge is -2.31. The molecule has 4 rings (SSSR count). The standard InChI is InChI=1S/C22H26F3N7O2S/c23-13-8-28-4-5-32(9-13)20(29-7-12-10-34-11-12)16(6-26)30-21(33)18-19(27)35-22(31-18)17-14(24)2-1-3-15(17)25/h1-3,6,12-13,16,26,28H,4-5,7-11,27H2,(H,30,33). The number of nitrogens with zero attached hydrogens (tertiary/aromatic N) is 3. The van der Waals surface area contributed by atoms with Crippen LogP contribution in [0.2, 0.25) is 0 Å². The second-order valence-electron chi connectivity index (χ2n) is 8.30. The second-order valence-corrected chi connectivity index (χ2v) is 9.33. The number of hydrogen-bond donors (Lipinski definition) is 4. The Kier molecular flexibility index (Phi) is 7.98. The van der Waals surface area contributed by atoms with Crippen LogP contribution < -0.4 is 16.4 Å². The summed E-state index contributed by atoms with van der Waals surface area (Å²) in [4.78, 5) is 23.5. The Bertz CT molecular complexity index is 1090. The van der Waals surface area contributed by atoms with Gasteiger partial charge in [0.15, 0.2) is 5.69 Å². The number of benzene rings is 1. The highest BCUT2D eigenvalue weighted by atomic mass is 32.1. The number of rotatable bonds is 7. The Morgan fingerprint density at radius 3 is 2.83 bits per heavy atom. The fraction of sp³-hybridized carbons (Fsp3) is 0.455. The molecule has 2 saturated heterocycles. The summed E-state index contributed by atoms with van der Waals surface area (Å²) in [5, 5.41) is 13.5. The molecule has 2 unspecified atom stereocenters. The molecule has 13 heteroatoms. The van der Waals surface area contributed by atoms with E-state index in [1.54, 1.807) is 4.90 Å². The van der Waals surface area contributed by atoms with E-state index >= 15 is 0 Å². The maximum absolute atomic E-state index is 14.3. The van der Waals surface area contributed by atoms with E-state index in [4.69, 9.17) is 15.9 Å². The van der Waals surface area contributed by atoms with Crippen molar-refractivity contribution in [2.45, 2.75) is 12.2 Å². The summed E-state index contributed by atoms with van der Waals surface area (Å²) >= 11 is 0.779. The number of nitrogens with one attached hydrogen (secondary N) is 3. The highest BCUT2D eigenvalue weighted by molar-refractivity contribution is 7.19. The van der Waals surface area contributed by atoms with Crippen LogP contribution in [0.1, 0.15) is 10.5 Å². The molecule has 1 amide bonds. The first-order valence-electron chi connectivity index (χ1n) is 11.1. The molecule has 9 nitrogen and oxygen atoms in total. The molecule has 0 spiro atoms. The third-order valence-corrected chi connectivity index (χ3v) is 6.56. The Labute approximate surface area is 204 Å². The number of aromatic nitrogens is 1. The van der Waals surface area contributed by atoms with Crippen molar-refractivity contribution in [3.05, 3.63) is 35.5 Å². The van der Waals surface area contributed by atoms with Gasteiger partial charge in [0.1, 0.15) is 39.7 Å². The number of thiazole rings is 1. The van der Waals surface area contributed by atoms with Crippen LogP contribution in [-0.2, 0) is 4.74 Å². The minimum Gasteiger partial charge on any atom is -0.389 e. The molecule has 2 fully saturated rings. The van der Waals surface area contributed by atoms with Crippen molar-refractivity contribution in [3.8, 4) is 10.6 Å². The first kappa shape index (κ1) is 25.1. The molecule has 0 radical (unpaired) electrons. The lowest BCUT2D eigenvalue weighted by atomic mass is 10.1. The van der Waals surface area contributed by atoms with Crippen molar-refractivity contribution in [2.24, 2.45) is 10.9 Å². The quantitative estimate of drug-likeness (QED) is 0.332. The fourth-order valence-electron chi connectivity index (χ4n) is 3.78. The van der Waals surface area contributed by atoms with Gasteiger partial charge in [-0.3, -0.25) is 9.79 Å². The van der Waals surface area contributed by atoms with E-state index in [1.807, 2.05) is 0 Å². The molecule has 2 atom stereocenters. The molecular formula is C22H26F3N7O2S. The Morgan fingerprint density at radius 2 is 2.17 bits per heavy atom. The van der Waals surface area contributed by atoms with Crippen molar-refractivity contribution in [1.29, 1.82) is 5.41 Å². The van der Waals surface area contributed by atoms with Gasteiger partial charge in [0.2, 0.25) is 0 Å². The van der Waals surface area contributed by atoms with E-state index in [9.17, 15) is 18.0 Å². The number of anilines is 1. The number of halogens is 3. The van der Waals surface area contributed by atoms with E-state index in [-0.39, 0.29) is 40.3 Å². The summed E-state index contributed by atoms with van der Waals surface area (Å²) in [5.41, 5.74) is 5.37. The number of hydrogen-bond acceptors (Lipinski definition) is 8. The zero-order chi connectivity index (χ0) is 24.9. The van der Waals surface area contributed by atoms with Crippen LogP contribution in [0.25, 0.3) is 10.6 Å². The maximum Gasteiger partial charge on any atom is 0.273 e. The largest absolute Gasteiger partial charge is 0.389 e. The van der Waals surface area contributed by atoms with Gasteiger partial charge in [-0.05, 0) is 12.1 Å². The van der Waals surface area contributed by atoms with Gasteiger partial charge in [-0.1, -0.05) is 17.4 Å². The zero-order valence-corrected chi connectivity index (χ0v) is 19.6. The Morgan fingerprint density at radius 1 is 1.43 bits per heavy atom. The van der Waals surface area contributed by atoms with Gasteiger partial charge in [0.25, 0.3) is 5.91 Å². The molecule has 0 saturated carbocycles. The van der Waals surface area contributed by atoms with E-state index in [0.717, 1.165) is 29.7 Å². The summed E-state index contributed by atoms with van der Waals surface area (Å²) < 4.78 is 47.9. The number of alkyl halides is 1. The molecule has 2 aliphatic heterocycles. The van der Waals surface area contributed by atoms with Crippen molar-refractivity contribution < 1.29 is 22.7 Å². The first-order chi connectivity index (χ1) is 16.9. The Balaban J connectivity index is 1.57. The number of carbonyl (C=O) groups excluding carboxylic acids is 1. The molecule has 0 aliphatic carbocycles. The van der Waals surface area contributed by atoms with Crippen molar-refractivity contribution in [3.63, 3.8) is 0 Å². The fourth-order valence-corrected chi connectivity index (χ4v) is 4.65. The van der Waals surface area contributed by atoms with Gasteiger partial charge < -0.3 is 31.4 Å². The van der Waals surface area contributed by atoms with Crippen molar-refractivity contribution in [2.75, 3.05) is 51.7 Å². The molecular weight excluding hydrogens is 483 g/mol. The summed E-state index contributed by atoms with van der Waals surface area (Å²) in [5.74, 6) is -1.83. The first-order valence-corrected chi connectivity index (χ1v) is 11.9. The van der Waals surface area contributed by atoms with Gasteiger partial charge in [-0.15, -0.1) is 0 Å². The number of amides is 1. The minimum atomic E-state index is -1.15.